The van der Waals surface area contributed by atoms with Gasteiger partial charge in [0, 0.05) is 24.3 Å². The number of amides is 1. The number of hydrogen-bond acceptors (Lipinski definition) is 1. The van der Waals surface area contributed by atoms with Gasteiger partial charge in [0.25, 0.3) is 0 Å². The molecule has 4 unspecified atom stereocenters. The van der Waals surface area contributed by atoms with Crippen molar-refractivity contribution in [3.05, 3.63) is 0 Å². The minimum atomic E-state index is 0.448. The van der Waals surface area contributed by atoms with Crippen LogP contribution < -0.4 is 0 Å². The molecule has 1 aliphatic heterocycles. The maximum atomic E-state index is 12.7. The van der Waals surface area contributed by atoms with Gasteiger partial charge in [-0.3, -0.25) is 4.79 Å². The second kappa shape index (κ2) is 6.15. The lowest BCUT2D eigenvalue weighted by atomic mass is 9.86. The predicted octanol–water partition coefficient (Wildman–Crippen LogP) is 3.98. The van der Waals surface area contributed by atoms with Crippen molar-refractivity contribution < 1.29 is 4.79 Å². The molecule has 4 atom stereocenters. The van der Waals surface area contributed by atoms with E-state index in [-0.39, 0.29) is 0 Å². The standard InChI is InChI=1S/C16H26BrNO/c17-11-15-4-2-1-3-7-18(15)16(19)10-14-9-12-5-6-13(14)8-12/h12-15H,1-11H2. The van der Waals surface area contributed by atoms with Crippen molar-refractivity contribution in [1.29, 1.82) is 0 Å². The van der Waals surface area contributed by atoms with Crippen LogP contribution in [0.25, 0.3) is 0 Å². The molecule has 0 aromatic rings. The Morgan fingerprint density at radius 2 is 2.00 bits per heavy atom. The van der Waals surface area contributed by atoms with Gasteiger partial charge in [-0.1, -0.05) is 35.2 Å². The van der Waals surface area contributed by atoms with E-state index in [1.165, 1.54) is 51.4 Å². The topological polar surface area (TPSA) is 20.3 Å². The van der Waals surface area contributed by atoms with Crippen LogP contribution in [0.3, 0.4) is 0 Å². The van der Waals surface area contributed by atoms with E-state index in [2.05, 4.69) is 20.8 Å². The molecule has 2 aliphatic carbocycles. The lowest BCUT2D eigenvalue weighted by Gasteiger charge is -2.31. The number of carbonyl (C=O) groups excluding carboxylic acids is 1. The van der Waals surface area contributed by atoms with Crippen LogP contribution in [0.2, 0.25) is 0 Å². The molecule has 3 aliphatic rings. The number of rotatable bonds is 3. The number of fused-ring (bicyclic) bond motifs is 2. The molecular weight excluding hydrogens is 302 g/mol. The second-order valence-electron chi connectivity index (χ2n) is 6.88. The highest BCUT2D eigenvalue weighted by molar-refractivity contribution is 9.09. The molecule has 2 saturated carbocycles. The van der Waals surface area contributed by atoms with Gasteiger partial charge in [0.05, 0.1) is 0 Å². The van der Waals surface area contributed by atoms with Crippen molar-refractivity contribution in [2.24, 2.45) is 17.8 Å². The number of likely N-dealkylation sites (tertiary alicyclic amines) is 1. The van der Waals surface area contributed by atoms with Crippen LogP contribution in [-0.4, -0.2) is 28.7 Å². The minimum absolute atomic E-state index is 0.448. The summed E-state index contributed by atoms with van der Waals surface area (Å²) in [6.07, 6.45) is 11.4. The molecule has 2 nitrogen and oxygen atoms in total. The van der Waals surface area contributed by atoms with Gasteiger partial charge in [-0.2, -0.15) is 0 Å². The first-order valence-electron chi connectivity index (χ1n) is 8.13. The molecule has 3 rings (SSSR count). The maximum Gasteiger partial charge on any atom is 0.223 e. The summed E-state index contributed by atoms with van der Waals surface area (Å²) in [6, 6.07) is 0.452. The van der Waals surface area contributed by atoms with E-state index in [4.69, 9.17) is 0 Å². The van der Waals surface area contributed by atoms with Crippen molar-refractivity contribution in [2.45, 2.75) is 63.8 Å². The average molecular weight is 328 g/mol. The zero-order valence-corrected chi connectivity index (χ0v) is 13.4. The van der Waals surface area contributed by atoms with Gasteiger partial charge in [0.2, 0.25) is 5.91 Å². The number of carbonyl (C=O) groups is 1. The normalized spacial score (nSPS) is 38.5. The molecule has 1 saturated heterocycles. The lowest BCUT2D eigenvalue weighted by Crippen LogP contribution is -2.42. The molecule has 0 aromatic carbocycles. The van der Waals surface area contributed by atoms with Crippen molar-refractivity contribution in [3.63, 3.8) is 0 Å². The molecule has 2 bridgehead atoms. The van der Waals surface area contributed by atoms with Crippen LogP contribution in [0.4, 0.5) is 0 Å². The molecule has 0 radical (unpaired) electrons. The van der Waals surface area contributed by atoms with Crippen LogP contribution in [0.5, 0.6) is 0 Å². The molecule has 1 amide bonds. The summed E-state index contributed by atoms with van der Waals surface area (Å²) < 4.78 is 0. The fourth-order valence-electron chi connectivity index (χ4n) is 4.63. The molecule has 19 heavy (non-hydrogen) atoms. The zero-order valence-electron chi connectivity index (χ0n) is 11.8. The summed E-state index contributed by atoms with van der Waals surface area (Å²) in [5, 5.41) is 0.954. The molecule has 0 N–H and O–H groups in total. The van der Waals surface area contributed by atoms with Gasteiger partial charge in [-0.05, 0) is 49.9 Å². The fourth-order valence-corrected chi connectivity index (χ4v) is 5.31. The van der Waals surface area contributed by atoms with Gasteiger partial charge in [0.1, 0.15) is 0 Å². The van der Waals surface area contributed by atoms with E-state index in [1.807, 2.05) is 0 Å². The van der Waals surface area contributed by atoms with E-state index in [9.17, 15) is 4.79 Å². The zero-order chi connectivity index (χ0) is 13.2. The Morgan fingerprint density at radius 1 is 1.11 bits per heavy atom. The van der Waals surface area contributed by atoms with E-state index >= 15 is 0 Å². The maximum absolute atomic E-state index is 12.7. The minimum Gasteiger partial charge on any atom is -0.339 e. The largest absolute Gasteiger partial charge is 0.339 e. The Balaban J connectivity index is 1.59. The summed E-state index contributed by atoms with van der Waals surface area (Å²) >= 11 is 3.61. The van der Waals surface area contributed by atoms with Crippen molar-refractivity contribution in [3.8, 4) is 0 Å². The highest BCUT2D eigenvalue weighted by Crippen LogP contribution is 2.49. The predicted molar refractivity (Wildman–Crippen MR) is 81.3 cm³/mol. The Kier molecular flexibility index (Phi) is 4.51. The first kappa shape index (κ1) is 13.9. The number of halogens is 1. The van der Waals surface area contributed by atoms with Gasteiger partial charge in [0.15, 0.2) is 0 Å². The number of alkyl halides is 1. The van der Waals surface area contributed by atoms with Crippen LogP contribution in [0.1, 0.15) is 57.8 Å². The Hall–Kier alpha value is -0.0500. The molecule has 108 valence electrons. The summed E-state index contributed by atoms with van der Waals surface area (Å²) in [7, 11) is 0. The lowest BCUT2D eigenvalue weighted by molar-refractivity contribution is -0.134. The first-order valence-corrected chi connectivity index (χ1v) is 9.25. The summed E-state index contributed by atoms with van der Waals surface area (Å²) in [5.41, 5.74) is 0. The second-order valence-corrected chi connectivity index (χ2v) is 7.53. The highest BCUT2D eigenvalue weighted by Gasteiger charge is 2.41. The SMILES string of the molecule is O=C(CC1CC2CCC1C2)N1CCCCCC1CBr. The third-order valence-electron chi connectivity index (χ3n) is 5.70. The molecule has 3 heteroatoms. The molecule has 0 spiro atoms. The third kappa shape index (κ3) is 3.01. The first-order chi connectivity index (χ1) is 9.28. The van der Waals surface area contributed by atoms with Crippen LogP contribution in [-0.2, 0) is 4.79 Å². The molecule has 0 aromatic heterocycles. The quantitative estimate of drug-likeness (QED) is 0.718. The van der Waals surface area contributed by atoms with E-state index in [0.717, 1.165) is 30.1 Å². The molecule has 1 heterocycles. The van der Waals surface area contributed by atoms with Gasteiger partial charge >= 0.3 is 0 Å². The molecular formula is C16H26BrNO. The smallest absolute Gasteiger partial charge is 0.223 e. The summed E-state index contributed by atoms with van der Waals surface area (Å²) in [5.74, 6) is 3.00. The number of nitrogens with zero attached hydrogens (tertiary/aromatic N) is 1. The van der Waals surface area contributed by atoms with E-state index in [0.29, 0.717) is 17.9 Å². The van der Waals surface area contributed by atoms with Crippen LogP contribution in [0.15, 0.2) is 0 Å². The van der Waals surface area contributed by atoms with Crippen molar-refractivity contribution >= 4 is 21.8 Å². The Morgan fingerprint density at radius 3 is 2.68 bits per heavy atom. The van der Waals surface area contributed by atoms with Crippen LogP contribution >= 0.6 is 15.9 Å². The van der Waals surface area contributed by atoms with Crippen molar-refractivity contribution in [2.75, 3.05) is 11.9 Å². The van der Waals surface area contributed by atoms with Crippen molar-refractivity contribution in [1.82, 2.24) is 4.90 Å². The van der Waals surface area contributed by atoms with Gasteiger partial charge in [-0.25, -0.2) is 0 Å². The third-order valence-corrected chi connectivity index (χ3v) is 6.44. The Labute approximate surface area is 125 Å². The van der Waals surface area contributed by atoms with Crippen LogP contribution in [0, 0.1) is 17.8 Å². The average Bonchev–Trinajstić information content (AvgIpc) is 2.93. The van der Waals surface area contributed by atoms with E-state index in [1.54, 1.807) is 0 Å². The summed E-state index contributed by atoms with van der Waals surface area (Å²) in [6.45, 7) is 0.996. The fraction of sp³-hybridized carbons (Fsp3) is 0.938. The highest BCUT2D eigenvalue weighted by atomic mass is 79.9. The summed E-state index contributed by atoms with van der Waals surface area (Å²) in [4.78, 5) is 14.9. The van der Waals surface area contributed by atoms with Gasteiger partial charge < -0.3 is 4.90 Å². The monoisotopic (exact) mass is 327 g/mol. The Bertz CT molecular complexity index is 333. The van der Waals surface area contributed by atoms with Gasteiger partial charge in [-0.15, -0.1) is 0 Å². The van der Waals surface area contributed by atoms with E-state index < -0.39 is 0 Å². The number of hydrogen-bond donors (Lipinski definition) is 0. The molecule has 3 fully saturated rings.